The molecule has 2 aromatic carbocycles. The standard InChI is InChI=1S/C37H45N5O10.HI/c1-9-21-48-35(47)39-30-28(22-41(40(30)8)20-12-19-38-34(46)51-37(5,6)7)24-15-17-25(18-16-24)49-23-29(33(45)50-36(2,3)4)52-42-31(43)26-13-10-11-14-27(26)32(42)44;/h9-11,13-18,22,29H,1,12,19-21,23H2,2-8H3,(H,38,46);1H/t29-;/m0./s1. The van der Waals surface area contributed by atoms with Gasteiger partial charge in [0.25, 0.3) is 11.8 Å². The summed E-state index contributed by atoms with van der Waals surface area (Å²) in [7, 11) is 1.77. The number of nitrogens with one attached hydrogen (secondary N) is 2. The normalized spacial score (nSPS) is 13.0. The summed E-state index contributed by atoms with van der Waals surface area (Å²) in [6.45, 7) is 14.5. The highest BCUT2D eigenvalue weighted by atomic mass is 127. The molecule has 0 fully saturated rings. The van der Waals surface area contributed by atoms with Crippen LogP contribution in [-0.4, -0.2) is 76.8 Å². The molecule has 0 saturated carbocycles. The Balaban J connectivity index is 0.00000756. The fourth-order valence-electron chi connectivity index (χ4n) is 4.99. The summed E-state index contributed by atoms with van der Waals surface area (Å²) in [5.41, 5.74) is 0.198. The second-order valence-corrected chi connectivity index (χ2v) is 13.8. The summed E-state index contributed by atoms with van der Waals surface area (Å²) in [4.78, 5) is 69.3. The average Bonchev–Trinajstić information content (AvgIpc) is 3.50. The molecule has 1 aromatic heterocycles. The number of hydrogen-bond acceptors (Lipinski definition) is 10. The first-order chi connectivity index (χ1) is 24.5. The lowest BCUT2D eigenvalue weighted by atomic mass is 10.1. The topological polar surface area (TPSA) is 168 Å². The smallest absolute Gasteiger partial charge is 0.505 e. The Kier molecular flexibility index (Phi) is 14.6. The average molecular weight is 848 g/mol. The molecule has 1 aliphatic heterocycles. The largest absolute Gasteiger partial charge is 1.00 e. The van der Waals surface area contributed by atoms with Crippen LogP contribution in [0, 0.1) is 0 Å². The fourth-order valence-corrected chi connectivity index (χ4v) is 4.99. The maximum atomic E-state index is 13.1. The highest BCUT2D eigenvalue weighted by Crippen LogP contribution is 2.29. The van der Waals surface area contributed by atoms with E-state index in [4.69, 9.17) is 23.8 Å². The van der Waals surface area contributed by atoms with Gasteiger partial charge >= 0.3 is 24.0 Å². The third-order valence-electron chi connectivity index (χ3n) is 7.25. The Bertz CT molecular complexity index is 1780. The molecule has 15 nitrogen and oxygen atoms in total. The minimum atomic E-state index is -1.46. The summed E-state index contributed by atoms with van der Waals surface area (Å²) >= 11 is 0. The molecule has 53 heavy (non-hydrogen) atoms. The van der Waals surface area contributed by atoms with Crippen molar-refractivity contribution in [2.45, 2.75) is 71.8 Å². The van der Waals surface area contributed by atoms with Crippen molar-refractivity contribution in [2.24, 2.45) is 7.05 Å². The van der Waals surface area contributed by atoms with Gasteiger partial charge in [-0.3, -0.25) is 9.59 Å². The summed E-state index contributed by atoms with van der Waals surface area (Å²) in [5.74, 6) is -1.43. The van der Waals surface area contributed by atoms with Gasteiger partial charge in [0.05, 0.1) is 29.4 Å². The van der Waals surface area contributed by atoms with Crippen LogP contribution >= 0.6 is 0 Å². The van der Waals surface area contributed by atoms with Gasteiger partial charge in [0, 0.05) is 6.54 Å². The number of alkyl carbamates (subject to hydrolysis) is 1. The van der Waals surface area contributed by atoms with E-state index in [0.29, 0.717) is 47.3 Å². The van der Waals surface area contributed by atoms with Gasteiger partial charge in [-0.05, 0) is 77.8 Å². The van der Waals surface area contributed by atoms with Crippen LogP contribution in [0.2, 0.25) is 0 Å². The Morgan fingerprint density at radius 3 is 2.06 bits per heavy atom. The Labute approximate surface area is 325 Å². The van der Waals surface area contributed by atoms with E-state index in [1.165, 1.54) is 18.2 Å². The molecule has 0 saturated heterocycles. The maximum absolute atomic E-state index is 13.1. The number of aryl methyl sites for hydroxylation is 1. The molecule has 0 bridgehead atoms. The Hall–Kier alpha value is -4.97. The maximum Gasteiger partial charge on any atom is 0.505 e. The zero-order valence-electron chi connectivity index (χ0n) is 30.9. The number of ether oxygens (including phenoxy) is 4. The number of nitrogens with zero attached hydrogens (tertiary/aromatic N) is 3. The summed E-state index contributed by atoms with van der Waals surface area (Å²) in [6.07, 6.45) is 1.23. The third-order valence-corrected chi connectivity index (χ3v) is 7.25. The van der Waals surface area contributed by atoms with Gasteiger partial charge in [0.15, 0.2) is 0 Å². The van der Waals surface area contributed by atoms with Crippen molar-refractivity contribution in [1.29, 1.82) is 0 Å². The number of carbonyl (C=O) groups is 5. The molecule has 4 amide bonds. The van der Waals surface area contributed by atoms with Gasteiger partial charge in [-0.1, -0.05) is 36.9 Å². The van der Waals surface area contributed by atoms with Crippen LogP contribution in [0.4, 0.5) is 15.4 Å². The highest BCUT2D eigenvalue weighted by Gasteiger charge is 2.40. The monoisotopic (exact) mass is 847 g/mol. The van der Waals surface area contributed by atoms with Crippen molar-refractivity contribution in [3.63, 3.8) is 0 Å². The van der Waals surface area contributed by atoms with Gasteiger partial charge in [-0.2, -0.15) is 14.8 Å². The quantitative estimate of drug-likeness (QED) is 0.0466. The van der Waals surface area contributed by atoms with Crippen LogP contribution in [0.25, 0.3) is 11.1 Å². The van der Waals surface area contributed by atoms with E-state index in [2.05, 4.69) is 17.2 Å². The van der Waals surface area contributed by atoms with Gasteiger partial charge in [0.1, 0.15) is 37.2 Å². The third kappa shape index (κ3) is 11.8. The number of halogens is 1. The molecule has 286 valence electrons. The van der Waals surface area contributed by atoms with Crippen LogP contribution in [0.1, 0.15) is 68.7 Å². The summed E-state index contributed by atoms with van der Waals surface area (Å²) in [5, 5.41) is 6.08. The van der Waals surface area contributed by atoms with Crippen LogP contribution in [0.15, 0.2) is 67.4 Å². The van der Waals surface area contributed by atoms with E-state index in [9.17, 15) is 24.0 Å². The first-order valence-corrected chi connectivity index (χ1v) is 16.7. The van der Waals surface area contributed by atoms with E-state index in [-0.39, 0.29) is 48.3 Å². The lowest BCUT2D eigenvalue weighted by Crippen LogP contribution is -3.00. The van der Waals surface area contributed by atoms with Crippen molar-refractivity contribution in [3.05, 3.63) is 78.5 Å². The minimum absolute atomic E-state index is 0. The number of aromatic nitrogens is 2. The summed E-state index contributed by atoms with van der Waals surface area (Å²) < 4.78 is 25.5. The van der Waals surface area contributed by atoms with E-state index in [1.54, 1.807) is 89.7 Å². The number of benzene rings is 2. The van der Waals surface area contributed by atoms with Gasteiger partial charge in [-0.15, -0.1) is 5.06 Å². The predicted molar refractivity (Wildman–Crippen MR) is 188 cm³/mol. The Morgan fingerprint density at radius 2 is 1.49 bits per heavy atom. The molecule has 1 aliphatic rings. The molecule has 4 rings (SSSR count). The molecule has 2 heterocycles. The highest BCUT2D eigenvalue weighted by molar-refractivity contribution is 6.20. The van der Waals surface area contributed by atoms with E-state index >= 15 is 0 Å². The van der Waals surface area contributed by atoms with E-state index < -0.39 is 47.3 Å². The Morgan fingerprint density at radius 1 is 0.887 bits per heavy atom. The van der Waals surface area contributed by atoms with Gasteiger partial charge in [0.2, 0.25) is 6.10 Å². The minimum Gasteiger partial charge on any atom is -1.00 e. The van der Waals surface area contributed by atoms with E-state index in [1.807, 2.05) is 10.9 Å². The molecular weight excluding hydrogens is 801 g/mol. The van der Waals surface area contributed by atoms with Crippen molar-refractivity contribution < 1.29 is 76.4 Å². The SMILES string of the molecule is C=CCOC(=O)Nc1c(-c2ccc(OC[C@H](ON3C(=O)c4ccccc4C3=O)C(=O)OC(C)(C)C)cc2)cn(CCCNC(=O)OC(C)(C)C)[n+]1C.[I-]. The first-order valence-electron chi connectivity index (χ1n) is 16.7. The number of carbonyl (C=O) groups excluding carboxylic acids is 5. The van der Waals surface area contributed by atoms with Crippen LogP contribution < -0.4 is 44.0 Å². The number of hydroxylamine groups is 2. The number of hydrogen-bond donors (Lipinski definition) is 2. The van der Waals surface area contributed by atoms with E-state index in [0.717, 1.165) is 0 Å². The molecule has 0 radical (unpaired) electrons. The molecule has 0 unspecified atom stereocenters. The summed E-state index contributed by atoms with van der Waals surface area (Å²) in [6, 6.07) is 13.1. The number of esters is 1. The lowest BCUT2D eigenvalue weighted by Gasteiger charge is -2.26. The van der Waals surface area contributed by atoms with Crippen molar-refractivity contribution in [3.8, 4) is 16.9 Å². The molecule has 0 spiro atoms. The predicted octanol–water partition coefficient (Wildman–Crippen LogP) is 1.95. The fraction of sp³-hybridized carbons (Fsp3) is 0.405. The number of anilines is 1. The lowest BCUT2D eigenvalue weighted by molar-refractivity contribution is -0.740. The van der Waals surface area contributed by atoms with Crippen molar-refractivity contribution in [2.75, 3.05) is 25.1 Å². The zero-order chi connectivity index (χ0) is 38.2. The first kappa shape index (κ1) is 42.4. The number of fused-ring (bicyclic) bond motifs is 1. The number of imide groups is 1. The molecular formula is C37H46IN5O10. The van der Waals surface area contributed by atoms with Crippen LogP contribution in [-0.2, 0) is 37.4 Å². The van der Waals surface area contributed by atoms with Crippen molar-refractivity contribution in [1.82, 2.24) is 15.1 Å². The van der Waals surface area contributed by atoms with Crippen molar-refractivity contribution >= 4 is 35.8 Å². The number of rotatable bonds is 14. The molecule has 3 aromatic rings. The van der Waals surface area contributed by atoms with Gasteiger partial charge < -0.3 is 48.2 Å². The molecule has 16 heteroatoms. The second kappa shape index (κ2) is 18.2. The zero-order valence-corrected chi connectivity index (χ0v) is 33.1. The second-order valence-electron chi connectivity index (χ2n) is 13.8. The van der Waals surface area contributed by atoms with Gasteiger partial charge in [-0.25, -0.2) is 19.1 Å². The molecule has 2 N–H and O–H groups in total. The van der Waals surface area contributed by atoms with Crippen LogP contribution in [0.5, 0.6) is 5.75 Å². The number of amides is 4. The molecule has 1 atom stereocenters. The van der Waals surface area contributed by atoms with Crippen LogP contribution in [0.3, 0.4) is 0 Å². The molecule has 0 aliphatic carbocycles.